The summed E-state index contributed by atoms with van der Waals surface area (Å²) in [4.78, 5) is 43.7. The lowest BCUT2D eigenvalue weighted by Crippen LogP contribution is -2.41. The molecule has 2 aromatic rings. The van der Waals surface area contributed by atoms with E-state index >= 15 is 0 Å². The highest BCUT2D eigenvalue weighted by Crippen LogP contribution is 2.22. The van der Waals surface area contributed by atoms with Gasteiger partial charge in [0.2, 0.25) is 17.8 Å². The zero-order valence-electron chi connectivity index (χ0n) is 24.2. The van der Waals surface area contributed by atoms with Crippen LogP contribution in [0.15, 0.2) is 47.5 Å². The Kier molecular flexibility index (Phi) is 13.7. The van der Waals surface area contributed by atoms with E-state index in [1.165, 1.54) is 14.2 Å². The van der Waals surface area contributed by atoms with E-state index in [1.807, 2.05) is 30.0 Å². The summed E-state index contributed by atoms with van der Waals surface area (Å²) in [5.41, 5.74) is 7.89. The van der Waals surface area contributed by atoms with Crippen molar-refractivity contribution >= 4 is 29.4 Å². The molecule has 220 valence electrons. The molecular formula is C31H41N5O5. The van der Waals surface area contributed by atoms with Crippen molar-refractivity contribution in [1.29, 1.82) is 0 Å². The van der Waals surface area contributed by atoms with Crippen LogP contribution in [0.2, 0.25) is 0 Å². The zero-order chi connectivity index (χ0) is 30.2. The third-order valence-electron chi connectivity index (χ3n) is 6.56. The van der Waals surface area contributed by atoms with Crippen molar-refractivity contribution in [2.24, 2.45) is 10.7 Å². The summed E-state index contributed by atoms with van der Waals surface area (Å²) in [7, 11) is 3.04. The molecule has 0 atom stereocenters. The first-order valence-corrected chi connectivity index (χ1v) is 13.6. The molecule has 3 N–H and O–H groups in total. The highest BCUT2D eigenvalue weighted by atomic mass is 16.5. The number of hydrogen-bond acceptors (Lipinski definition) is 6. The lowest BCUT2D eigenvalue weighted by atomic mass is 10.2. The number of likely N-dealkylation sites (tertiary alicyclic amines) is 2. The molecular weight excluding hydrogens is 522 g/mol. The van der Waals surface area contributed by atoms with Crippen LogP contribution in [0.3, 0.4) is 0 Å². The molecule has 0 radical (unpaired) electrons. The third kappa shape index (κ3) is 10.9. The molecule has 2 fully saturated rings. The summed E-state index contributed by atoms with van der Waals surface area (Å²) >= 11 is 0. The molecule has 3 amide bonds. The summed E-state index contributed by atoms with van der Waals surface area (Å²) in [6.07, 6.45) is 14.0. The zero-order valence-corrected chi connectivity index (χ0v) is 24.2. The van der Waals surface area contributed by atoms with Crippen LogP contribution in [0.1, 0.15) is 54.4 Å². The fourth-order valence-electron chi connectivity index (χ4n) is 4.43. The van der Waals surface area contributed by atoms with E-state index in [2.05, 4.69) is 23.2 Å². The number of aliphatic imine (C=N–C) groups is 1. The summed E-state index contributed by atoms with van der Waals surface area (Å²) < 4.78 is 10.3. The first-order chi connectivity index (χ1) is 19.8. The first-order valence-electron chi connectivity index (χ1n) is 13.6. The molecule has 10 nitrogen and oxygen atoms in total. The Morgan fingerprint density at radius 1 is 0.951 bits per heavy atom. The number of guanidine groups is 1. The fraction of sp³-hybridized carbons (Fsp3) is 0.419. The lowest BCUT2D eigenvalue weighted by Gasteiger charge is -2.23. The van der Waals surface area contributed by atoms with E-state index < -0.39 is 5.91 Å². The molecule has 2 aromatic carbocycles. The number of hydrogen-bond donors (Lipinski definition) is 2. The molecule has 2 aliphatic heterocycles. The Bertz CT molecular complexity index is 1200. The molecule has 2 aliphatic rings. The molecule has 0 bridgehead atoms. The van der Waals surface area contributed by atoms with E-state index in [1.54, 1.807) is 29.2 Å². The minimum atomic E-state index is -0.392. The molecule has 2 saturated heterocycles. The molecule has 41 heavy (non-hydrogen) atoms. The van der Waals surface area contributed by atoms with Gasteiger partial charge in [0.05, 0.1) is 26.5 Å². The van der Waals surface area contributed by atoms with Crippen molar-refractivity contribution in [3.8, 4) is 24.3 Å². The Morgan fingerprint density at radius 2 is 1.59 bits per heavy atom. The number of carbonyl (C=O) groups excluding carboxylic acids is 3. The van der Waals surface area contributed by atoms with Crippen LogP contribution in [0.25, 0.3) is 0 Å². The quantitative estimate of drug-likeness (QED) is 0.314. The number of methoxy groups -OCH3 is 2. The van der Waals surface area contributed by atoms with Gasteiger partial charge >= 0.3 is 0 Å². The Balaban J connectivity index is 0.000000285. The molecule has 4 rings (SSSR count). The van der Waals surface area contributed by atoms with Crippen molar-refractivity contribution in [3.05, 3.63) is 53.6 Å². The number of aryl methyl sites for hydroxylation is 1. The van der Waals surface area contributed by atoms with Gasteiger partial charge in [0, 0.05) is 37.7 Å². The number of nitrogens with zero attached hydrogens (tertiary/aromatic N) is 3. The van der Waals surface area contributed by atoms with E-state index in [-0.39, 0.29) is 17.8 Å². The fourth-order valence-corrected chi connectivity index (χ4v) is 4.43. The van der Waals surface area contributed by atoms with Gasteiger partial charge in [0.25, 0.3) is 5.91 Å². The van der Waals surface area contributed by atoms with Gasteiger partial charge in [-0.05, 0) is 62.4 Å². The molecule has 2 heterocycles. The number of nitrogens with two attached hydrogens (primary N) is 1. The van der Waals surface area contributed by atoms with Gasteiger partial charge in [-0.2, -0.15) is 0 Å². The highest BCUT2D eigenvalue weighted by Gasteiger charge is 2.23. The van der Waals surface area contributed by atoms with Crippen LogP contribution in [-0.2, 0) is 9.59 Å². The molecule has 0 saturated carbocycles. The second-order valence-corrected chi connectivity index (χ2v) is 9.61. The normalized spacial score (nSPS) is 15.0. The van der Waals surface area contributed by atoms with Crippen molar-refractivity contribution in [3.63, 3.8) is 0 Å². The van der Waals surface area contributed by atoms with Crippen molar-refractivity contribution in [1.82, 2.24) is 15.1 Å². The largest absolute Gasteiger partial charge is 0.497 e. The van der Waals surface area contributed by atoms with Crippen LogP contribution in [0.4, 0.5) is 5.69 Å². The van der Waals surface area contributed by atoms with Gasteiger partial charge in [-0.1, -0.05) is 18.6 Å². The van der Waals surface area contributed by atoms with Crippen LogP contribution >= 0.6 is 0 Å². The topological polar surface area (TPSA) is 127 Å². The SMILES string of the molecule is C#C.COc1cc(OC)cc(C(=O)NC(N)=Nc2cccc(C)c2)c1.O=C(CN1CCCCCC1=O)N1CCCC1. The third-order valence-corrected chi connectivity index (χ3v) is 6.56. The van der Waals surface area contributed by atoms with Crippen molar-refractivity contribution in [2.45, 2.75) is 45.4 Å². The first kappa shape index (κ1) is 32.7. The summed E-state index contributed by atoms with van der Waals surface area (Å²) in [5, 5.41) is 2.54. The van der Waals surface area contributed by atoms with Gasteiger partial charge < -0.3 is 25.0 Å². The standard InChI is InChI=1S/C17H19N3O3.C12H20N2O2.C2H2/c1-11-5-4-6-13(7-11)19-17(18)20-16(21)12-8-14(22-2)10-15(9-12)23-3;15-11-6-2-1-3-9-14(11)10-12(16)13-7-4-5-8-13;1-2/h4-10H,1-3H3,(H3,18,19,20,21);1-10H2;1-2H. The number of amides is 3. The maximum Gasteiger partial charge on any atom is 0.258 e. The molecule has 0 aliphatic carbocycles. The second-order valence-electron chi connectivity index (χ2n) is 9.61. The smallest absolute Gasteiger partial charge is 0.258 e. The number of terminal acetylenes is 1. The average molecular weight is 564 g/mol. The van der Waals surface area contributed by atoms with Crippen LogP contribution < -0.4 is 20.5 Å². The Labute approximate surface area is 242 Å². The Morgan fingerprint density at radius 3 is 2.20 bits per heavy atom. The number of benzene rings is 2. The lowest BCUT2D eigenvalue weighted by molar-refractivity contribution is -0.139. The van der Waals surface area contributed by atoms with Gasteiger partial charge in [0.15, 0.2) is 0 Å². The van der Waals surface area contributed by atoms with E-state index in [4.69, 9.17) is 15.2 Å². The van der Waals surface area contributed by atoms with Gasteiger partial charge in [-0.3, -0.25) is 19.7 Å². The number of rotatable bonds is 6. The average Bonchev–Trinajstić information content (AvgIpc) is 3.45. The van der Waals surface area contributed by atoms with Gasteiger partial charge in [-0.25, -0.2) is 4.99 Å². The minimum absolute atomic E-state index is 0.0161. The summed E-state index contributed by atoms with van der Waals surface area (Å²) in [5.74, 6) is 0.948. The van der Waals surface area contributed by atoms with Crippen LogP contribution in [0, 0.1) is 19.8 Å². The van der Waals surface area contributed by atoms with E-state index in [9.17, 15) is 14.4 Å². The van der Waals surface area contributed by atoms with Crippen LogP contribution in [0.5, 0.6) is 11.5 Å². The predicted octanol–water partition coefficient (Wildman–Crippen LogP) is 3.65. The van der Waals surface area contributed by atoms with E-state index in [0.29, 0.717) is 35.7 Å². The summed E-state index contributed by atoms with van der Waals surface area (Å²) in [6, 6.07) is 12.4. The van der Waals surface area contributed by atoms with Gasteiger partial charge in [-0.15, -0.1) is 12.8 Å². The van der Waals surface area contributed by atoms with Crippen molar-refractivity contribution < 1.29 is 23.9 Å². The monoisotopic (exact) mass is 563 g/mol. The Hall–Kier alpha value is -4.52. The second kappa shape index (κ2) is 17.2. The minimum Gasteiger partial charge on any atom is -0.497 e. The molecule has 0 aromatic heterocycles. The molecule has 0 unspecified atom stereocenters. The van der Waals surface area contributed by atoms with Gasteiger partial charge in [0.1, 0.15) is 11.5 Å². The predicted molar refractivity (Wildman–Crippen MR) is 160 cm³/mol. The van der Waals surface area contributed by atoms with E-state index in [0.717, 1.165) is 57.3 Å². The maximum atomic E-state index is 12.3. The molecule has 0 spiro atoms. The summed E-state index contributed by atoms with van der Waals surface area (Å²) in [6.45, 7) is 4.77. The van der Waals surface area contributed by atoms with Crippen LogP contribution in [-0.4, -0.2) is 73.9 Å². The maximum absolute atomic E-state index is 12.3. The van der Waals surface area contributed by atoms with Crippen molar-refractivity contribution in [2.75, 3.05) is 40.4 Å². The highest BCUT2D eigenvalue weighted by molar-refractivity contribution is 6.06. The number of ether oxygens (including phenoxy) is 2. The number of carbonyl (C=O) groups is 3. The molecule has 10 heteroatoms. The number of nitrogens with one attached hydrogen (secondary N) is 1.